The molecule has 0 radical (unpaired) electrons. The van der Waals surface area contributed by atoms with E-state index >= 15 is 0 Å². The van der Waals surface area contributed by atoms with Crippen molar-refractivity contribution >= 4 is 0 Å². The van der Waals surface area contributed by atoms with Crippen LogP contribution in [0.2, 0.25) is 0 Å². The predicted octanol–water partition coefficient (Wildman–Crippen LogP) is 3.10. The quantitative estimate of drug-likeness (QED) is 0.748. The topological polar surface area (TPSA) is 18.5 Å². The van der Waals surface area contributed by atoms with E-state index < -0.39 is 0 Å². The zero-order valence-corrected chi connectivity index (χ0v) is 10.4. The van der Waals surface area contributed by atoms with Crippen LogP contribution in [0.25, 0.3) is 0 Å². The van der Waals surface area contributed by atoms with Crippen LogP contribution < -0.4 is 9.47 Å². The Morgan fingerprint density at radius 1 is 0.778 bits per heavy atom. The zero-order valence-electron chi connectivity index (χ0n) is 10.4. The molecule has 2 rings (SSSR count). The zero-order chi connectivity index (χ0) is 12.8. The Morgan fingerprint density at radius 2 is 1.56 bits per heavy atom. The number of rotatable bonds is 2. The number of hydrogen-bond donors (Lipinski definition) is 0. The van der Waals surface area contributed by atoms with Gasteiger partial charge in [-0.1, -0.05) is 36.1 Å². The van der Waals surface area contributed by atoms with E-state index in [-0.39, 0.29) is 0 Å². The van der Waals surface area contributed by atoms with Crippen LogP contribution in [-0.4, -0.2) is 14.2 Å². The second-order valence-corrected chi connectivity index (χ2v) is 3.66. The van der Waals surface area contributed by atoms with E-state index in [1.54, 1.807) is 14.2 Å². The Morgan fingerprint density at radius 3 is 2.22 bits per heavy atom. The first-order valence-corrected chi connectivity index (χ1v) is 5.63. The smallest absolute Gasteiger partial charge is 0.176 e. The Labute approximate surface area is 107 Å². The lowest BCUT2D eigenvalue weighted by atomic mass is 10.1. The SMILES string of the molecule is COc1cccc(C#Cc2ccccc2)c1OC. The van der Waals surface area contributed by atoms with Crippen molar-refractivity contribution in [1.82, 2.24) is 0 Å². The molecule has 0 saturated carbocycles. The van der Waals surface area contributed by atoms with E-state index in [0.717, 1.165) is 11.1 Å². The first kappa shape index (κ1) is 12.1. The standard InChI is InChI=1S/C16H14O2/c1-17-15-10-6-9-14(16(15)18-2)12-11-13-7-4-3-5-8-13/h3-10H,1-2H3. The molecule has 0 saturated heterocycles. The molecule has 0 aromatic heterocycles. The fraction of sp³-hybridized carbons (Fsp3) is 0.125. The van der Waals surface area contributed by atoms with Gasteiger partial charge in [0.2, 0.25) is 0 Å². The molecule has 2 aromatic carbocycles. The monoisotopic (exact) mass is 238 g/mol. The summed E-state index contributed by atoms with van der Waals surface area (Å²) < 4.78 is 10.6. The van der Waals surface area contributed by atoms with Crippen LogP contribution in [0.4, 0.5) is 0 Å². The first-order valence-electron chi connectivity index (χ1n) is 5.63. The van der Waals surface area contributed by atoms with Gasteiger partial charge in [0.15, 0.2) is 11.5 Å². The lowest BCUT2D eigenvalue weighted by Gasteiger charge is -2.08. The molecule has 2 heteroatoms. The van der Waals surface area contributed by atoms with Crippen molar-refractivity contribution in [3.05, 3.63) is 59.7 Å². The average molecular weight is 238 g/mol. The van der Waals surface area contributed by atoms with E-state index in [1.165, 1.54) is 0 Å². The van der Waals surface area contributed by atoms with Crippen molar-refractivity contribution < 1.29 is 9.47 Å². The summed E-state index contributed by atoms with van der Waals surface area (Å²) in [6, 6.07) is 15.5. The largest absolute Gasteiger partial charge is 0.493 e. The van der Waals surface area contributed by atoms with Gasteiger partial charge in [0.05, 0.1) is 19.8 Å². The van der Waals surface area contributed by atoms with Crippen LogP contribution in [-0.2, 0) is 0 Å². The van der Waals surface area contributed by atoms with Gasteiger partial charge >= 0.3 is 0 Å². The number of hydrogen-bond acceptors (Lipinski definition) is 2. The molecule has 0 aliphatic heterocycles. The predicted molar refractivity (Wildman–Crippen MR) is 72.0 cm³/mol. The fourth-order valence-electron chi connectivity index (χ4n) is 1.65. The van der Waals surface area contributed by atoms with Crippen LogP contribution in [0.5, 0.6) is 11.5 Å². The molecule has 0 aliphatic carbocycles. The summed E-state index contributed by atoms with van der Waals surface area (Å²) in [7, 11) is 3.23. The molecule has 0 aliphatic rings. The molecular weight excluding hydrogens is 224 g/mol. The second-order valence-electron chi connectivity index (χ2n) is 3.66. The molecule has 0 fully saturated rings. The van der Waals surface area contributed by atoms with Gasteiger partial charge in [-0.2, -0.15) is 0 Å². The van der Waals surface area contributed by atoms with Crippen LogP contribution in [0, 0.1) is 11.8 Å². The van der Waals surface area contributed by atoms with Gasteiger partial charge in [-0.3, -0.25) is 0 Å². The van der Waals surface area contributed by atoms with Gasteiger partial charge in [-0.15, -0.1) is 0 Å². The Kier molecular flexibility index (Phi) is 3.88. The lowest BCUT2D eigenvalue weighted by Crippen LogP contribution is -1.93. The lowest BCUT2D eigenvalue weighted by molar-refractivity contribution is 0.354. The van der Waals surface area contributed by atoms with Gasteiger partial charge in [-0.05, 0) is 24.3 Å². The number of para-hydroxylation sites is 1. The summed E-state index contributed by atoms with van der Waals surface area (Å²) in [4.78, 5) is 0. The van der Waals surface area contributed by atoms with E-state index in [0.29, 0.717) is 11.5 Å². The van der Waals surface area contributed by atoms with Crippen LogP contribution in [0.15, 0.2) is 48.5 Å². The molecule has 18 heavy (non-hydrogen) atoms. The molecule has 2 aromatic rings. The van der Waals surface area contributed by atoms with Crippen molar-refractivity contribution in [1.29, 1.82) is 0 Å². The molecule has 0 heterocycles. The normalized spacial score (nSPS) is 9.22. The highest BCUT2D eigenvalue weighted by atomic mass is 16.5. The molecule has 90 valence electrons. The van der Waals surface area contributed by atoms with E-state index in [9.17, 15) is 0 Å². The van der Waals surface area contributed by atoms with E-state index in [2.05, 4.69) is 11.8 Å². The highest BCUT2D eigenvalue weighted by Gasteiger charge is 2.06. The summed E-state index contributed by atoms with van der Waals surface area (Å²) in [6.07, 6.45) is 0. The van der Waals surface area contributed by atoms with Crippen molar-refractivity contribution in [2.45, 2.75) is 0 Å². The molecule has 2 nitrogen and oxygen atoms in total. The molecule has 0 atom stereocenters. The second kappa shape index (κ2) is 5.79. The van der Waals surface area contributed by atoms with Gasteiger partial charge in [-0.25, -0.2) is 0 Å². The first-order chi connectivity index (χ1) is 8.85. The number of benzene rings is 2. The minimum absolute atomic E-state index is 0.670. The van der Waals surface area contributed by atoms with Gasteiger partial charge in [0.25, 0.3) is 0 Å². The van der Waals surface area contributed by atoms with Gasteiger partial charge in [0.1, 0.15) is 0 Å². The summed E-state index contributed by atoms with van der Waals surface area (Å²) in [5, 5.41) is 0. The molecule has 0 spiro atoms. The Hall–Kier alpha value is -2.40. The average Bonchev–Trinajstić information content (AvgIpc) is 2.45. The van der Waals surface area contributed by atoms with Crippen molar-refractivity contribution in [2.24, 2.45) is 0 Å². The molecule has 0 amide bonds. The minimum atomic E-state index is 0.670. The number of methoxy groups -OCH3 is 2. The highest BCUT2D eigenvalue weighted by molar-refractivity contribution is 5.55. The molecule has 0 unspecified atom stereocenters. The molecular formula is C16H14O2. The van der Waals surface area contributed by atoms with Gasteiger partial charge in [0, 0.05) is 5.56 Å². The Balaban J connectivity index is 2.38. The third-order valence-electron chi connectivity index (χ3n) is 2.52. The third-order valence-corrected chi connectivity index (χ3v) is 2.52. The van der Waals surface area contributed by atoms with E-state index in [4.69, 9.17) is 9.47 Å². The van der Waals surface area contributed by atoms with E-state index in [1.807, 2.05) is 48.5 Å². The summed E-state index contributed by atoms with van der Waals surface area (Å²) in [5.74, 6) is 7.56. The summed E-state index contributed by atoms with van der Waals surface area (Å²) in [5.41, 5.74) is 1.79. The van der Waals surface area contributed by atoms with Crippen LogP contribution in [0.1, 0.15) is 11.1 Å². The Bertz CT molecular complexity index is 577. The maximum absolute atomic E-state index is 5.33. The molecule has 0 bridgehead atoms. The maximum Gasteiger partial charge on any atom is 0.176 e. The third kappa shape index (κ3) is 2.64. The minimum Gasteiger partial charge on any atom is -0.493 e. The fourth-order valence-corrected chi connectivity index (χ4v) is 1.65. The van der Waals surface area contributed by atoms with Crippen molar-refractivity contribution in [3.63, 3.8) is 0 Å². The summed E-state index contributed by atoms with van der Waals surface area (Å²) >= 11 is 0. The maximum atomic E-state index is 5.33. The summed E-state index contributed by atoms with van der Waals surface area (Å²) in [6.45, 7) is 0. The number of ether oxygens (including phenoxy) is 2. The van der Waals surface area contributed by atoms with Crippen LogP contribution in [0.3, 0.4) is 0 Å². The van der Waals surface area contributed by atoms with Crippen molar-refractivity contribution in [2.75, 3.05) is 14.2 Å². The molecule has 0 N–H and O–H groups in total. The van der Waals surface area contributed by atoms with Crippen LogP contribution >= 0.6 is 0 Å². The van der Waals surface area contributed by atoms with Gasteiger partial charge < -0.3 is 9.47 Å². The van der Waals surface area contributed by atoms with Crippen molar-refractivity contribution in [3.8, 4) is 23.3 Å². The highest BCUT2D eigenvalue weighted by Crippen LogP contribution is 2.29.